The summed E-state index contributed by atoms with van der Waals surface area (Å²) < 4.78 is 98.5. The quantitative estimate of drug-likeness (QED) is 0.198. The fourth-order valence-electron chi connectivity index (χ4n) is 0. The molecule has 0 aromatic heterocycles. The molecule has 12 nitrogen and oxygen atoms in total. The molecule has 0 aliphatic rings. The molecule has 0 amide bonds. The smallest absolute Gasteiger partial charge is 0.759 e. The molecule has 0 bridgehead atoms. The molecule has 0 aliphatic carbocycles. The first-order valence-corrected chi connectivity index (χ1v) is 6.14. The molecular weight excluding hydrogens is 389 g/mol. The maximum absolute atomic E-state index is 8.74. The molecule has 0 fully saturated rings. The van der Waals surface area contributed by atoms with E-state index >= 15 is 0 Å². The van der Waals surface area contributed by atoms with Crippen molar-refractivity contribution in [3.05, 3.63) is 0 Å². The van der Waals surface area contributed by atoms with Crippen LogP contribution >= 0.6 is 0 Å². The Kier molecular flexibility index (Phi) is 36.2. The fourth-order valence-corrected chi connectivity index (χ4v) is 0. The molecule has 96 valence electrons. The van der Waals surface area contributed by atoms with Crippen LogP contribution in [0, 0.1) is 0 Å². The zero-order valence-corrected chi connectivity index (χ0v) is 19.9. The average molecular weight is 392 g/mol. The molecule has 3 N–H and O–H groups in total. The van der Waals surface area contributed by atoms with E-state index in [2.05, 4.69) is 0 Å². The molecule has 0 spiro atoms. The van der Waals surface area contributed by atoms with Gasteiger partial charge in [-0.2, -0.15) is 8.42 Å². The van der Waals surface area contributed by atoms with E-state index in [9.17, 15) is 0 Å². The Hall–Kier alpha value is 3.88. The van der Waals surface area contributed by atoms with Crippen molar-refractivity contribution in [2.75, 3.05) is 0 Å². The van der Waals surface area contributed by atoms with Crippen molar-refractivity contribution in [1.29, 1.82) is 0 Å². The van der Waals surface area contributed by atoms with Gasteiger partial charge >= 0.3 is 143 Å². The molecule has 0 aliphatic heterocycles. The predicted octanol–water partition coefficient (Wildman–Crippen LogP) is -12.0. The zero-order chi connectivity index (χ0) is 13.5. The van der Waals surface area contributed by atoms with Crippen LogP contribution in [0.3, 0.4) is 0 Å². The third kappa shape index (κ3) is 470. The summed E-state index contributed by atoms with van der Waals surface area (Å²) in [7, 11) is -14.7. The van der Waals surface area contributed by atoms with Crippen LogP contribution in [-0.4, -0.2) is 52.6 Å². The second-order valence-corrected chi connectivity index (χ2v) is 3.85. The van der Waals surface area contributed by atoms with Crippen LogP contribution in [0.4, 0.5) is 0 Å². The van der Waals surface area contributed by atoms with Gasteiger partial charge in [-0.15, -0.1) is 0 Å². The molecule has 0 saturated heterocycles. The van der Waals surface area contributed by atoms with Gasteiger partial charge in [0.1, 0.15) is 0 Å². The average Bonchev–Trinajstić information content (AvgIpc) is 1.41. The third-order valence-electron chi connectivity index (χ3n) is 0. The van der Waals surface area contributed by atoms with Gasteiger partial charge < -0.3 is 13.7 Å². The Morgan fingerprint density at radius 2 is 0.667 bits per heavy atom. The Bertz CT molecular complexity index is 346. The summed E-state index contributed by atoms with van der Waals surface area (Å²) in [5.41, 5.74) is 0. The molecular formula is H3K2NaO12S3. The Balaban J connectivity index is -0.0000000277. The molecule has 0 unspecified atom stereocenters. The summed E-state index contributed by atoms with van der Waals surface area (Å²) in [6.45, 7) is 0. The summed E-state index contributed by atoms with van der Waals surface area (Å²) in [5, 5.41) is 0. The van der Waals surface area contributed by atoms with E-state index < -0.39 is 31.2 Å². The molecule has 18 heteroatoms. The van der Waals surface area contributed by atoms with Crippen LogP contribution in [-0.2, 0) is 31.2 Å². The standard InChI is InChI=1S/2K.Na.3H2O4S/c;;;3*1-5(2,3)4/h;;;3*(H2,1,2,3,4)/q3*+1;;;/p-3. The summed E-state index contributed by atoms with van der Waals surface area (Å²) in [5.74, 6) is 0. The van der Waals surface area contributed by atoms with Crippen molar-refractivity contribution in [2.24, 2.45) is 0 Å². The summed E-state index contributed by atoms with van der Waals surface area (Å²) in [6.07, 6.45) is 0. The minimum absolute atomic E-state index is 0. The molecule has 0 rings (SSSR count). The van der Waals surface area contributed by atoms with Crippen molar-refractivity contribution in [1.82, 2.24) is 0 Å². The van der Waals surface area contributed by atoms with Gasteiger partial charge in [0.05, 0.1) is 0 Å². The minimum Gasteiger partial charge on any atom is -0.759 e. The van der Waals surface area contributed by atoms with Gasteiger partial charge in [0.15, 0.2) is 0 Å². The SMILES string of the molecule is O=S(=O)(O)O.O=S(=O)([O-])O.O=S(=O)([O-])[O-].[K+].[K+].[Na+]. The topological polar surface area (TPSA) is 232 Å². The summed E-state index contributed by atoms with van der Waals surface area (Å²) >= 11 is 0. The number of hydrogen-bond acceptors (Lipinski definition) is 9. The van der Waals surface area contributed by atoms with Gasteiger partial charge in [0, 0.05) is 10.4 Å². The molecule has 18 heavy (non-hydrogen) atoms. The van der Waals surface area contributed by atoms with Crippen molar-refractivity contribution >= 4 is 31.2 Å². The monoisotopic (exact) mass is 392 g/mol. The Morgan fingerprint density at radius 3 is 0.667 bits per heavy atom. The first-order chi connectivity index (χ1) is 6.00. The van der Waals surface area contributed by atoms with E-state index in [1.165, 1.54) is 0 Å². The van der Waals surface area contributed by atoms with Crippen molar-refractivity contribution in [2.45, 2.75) is 0 Å². The van der Waals surface area contributed by atoms with Crippen LogP contribution in [0.25, 0.3) is 0 Å². The molecule has 0 heterocycles. The second kappa shape index (κ2) is 17.2. The summed E-state index contributed by atoms with van der Waals surface area (Å²) in [6, 6.07) is 0. The van der Waals surface area contributed by atoms with E-state index in [1.54, 1.807) is 0 Å². The predicted molar refractivity (Wildman–Crippen MR) is 37.0 cm³/mol. The van der Waals surface area contributed by atoms with Crippen LogP contribution in [0.1, 0.15) is 0 Å². The van der Waals surface area contributed by atoms with E-state index in [-0.39, 0.29) is 132 Å². The Morgan fingerprint density at radius 1 is 0.667 bits per heavy atom. The van der Waals surface area contributed by atoms with Crippen LogP contribution in [0.2, 0.25) is 0 Å². The van der Waals surface area contributed by atoms with Gasteiger partial charge in [-0.3, -0.25) is 22.1 Å². The Labute approximate surface area is 211 Å². The summed E-state index contributed by atoms with van der Waals surface area (Å²) in [4.78, 5) is 0. The largest absolute Gasteiger partial charge is 1.00 e. The van der Waals surface area contributed by atoms with Gasteiger partial charge in [-0.1, -0.05) is 0 Å². The van der Waals surface area contributed by atoms with E-state index in [4.69, 9.17) is 52.6 Å². The number of hydrogen-bond donors (Lipinski definition) is 3. The maximum atomic E-state index is 8.74. The van der Waals surface area contributed by atoms with E-state index in [1.807, 2.05) is 0 Å². The van der Waals surface area contributed by atoms with Crippen LogP contribution in [0.5, 0.6) is 0 Å². The number of rotatable bonds is 0. The van der Waals surface area contributed by atoms with Gasteiger partial charge in [-0.25, -0.2) is 8.42 Å². The van der Waals surface area contributed by atoms with Crippen molar-refractivity contribution in [3.8, 4) is 0 Å². The second-order valence-electron chi connectivity index (χ2n) is 1.28. The molecule has 0 radical (unpaired) electrons. The van der Waals surface area contributed by atoms with Crippen LogP contribution in [0.15, 0.2) is 0 Å². The first-order valence-electron chi connectivity index (χ1n) is 2.05. The molecule has 0 atom stereocenters. The van der Waals surface area contributed by atoms with Gasteiger partial charge in [-0.05, 0) is 0 Å². The zero-order valence-electron chi connectivity index (χ0n) is 9.24. The third-order valence-corrected chi connectivity index (χ3v) is 0. The van der Waals surface area contributed by atoms with E-state index in [0.29, 0.717) is 0 Å². The van der Waals surface area contributed by atoms with Crippen molar-refractivity contribution in [3.63, 3.8) is 0 Å². The fraction of sp³-hybridized carbons (Fsp3) is 0. The van der Waals surface area contributed by atoms with Gasteiger partial charge in [0.2, 0.25) is 10.4 Å². The molecule has 0 saturated carbocycles. The minimum atomic E-state index is -5.17. The normalized spacial score (nSPS) is 9.67. The van der Waals surface area contributed by atoms with E-state index in [0.717, 1.165) is 0 Å². The van der Waals surface area contributed by atoms with Gasteiger partial charge in [0.25, 0.3) is 0 Å². The molecule has 0 aromatic carbocycles. The maximum Gasteiger partial charge on any atom is 1.00 e. The first kappa shape index (κ1) is 37.8. The molecule has 0 aromatic rings. The van der Waals surface area contributed by atoms with Crippen molar-refractivity contribution < 1.29 is 185 Å². The van der Waals surface area contributed by atoms with Crippen LogP contribution < -0.4 is 132 Å².